The molecule has 12 aromatic carbocycles. The highest BCUT2D eigenvalue weighted by atomic mass is 79.9. The van der Waals surface area contributed by atoms with Gasteiger partial charge in [0.05, 0.1) is 44.1 Å². The number of halogens is 1. The Bertz CT molecular complexity index is 5460. The molecule has 9 heteroatoms. The number of hydrogen-bond donors (Lipinski definition) is 1. The number of aromatic nitrogens is 6. The third kappa shape index (κ3) is 8.27. The van der Waals surface area contributed by atoms with Crippen LogP contribution in [0.15, 0.2) is 292 Å². The van der Waals surface area contributed by atoms with E-state index in [1.807, 2.05) is 66.7 Å². The zero-order chi connectivity index (χ0) is 55.0. The molecule has 0 spiro atoms. The minimum atomic E-state index is 0.851. The number of furan rings is 2. The van der Waals surface area contributed by atoms with Crippen molar-refractivity contribution in [2.75, 3.05) is 0 Å². The van der Waals surface area contributed by atoms with Gasteiger partial charge in [-0.05, 0) is 97.1 Å². The first-order valence-corrected chi connectivity index (χ1v) is 28.4. The molecule has 8 nitrogen and oxygen atoms in total. The molecule has 0 saturated heterocycles. The first-order chi connectivity index (χ1) is 41.1. The van der Waals surface area contributed by atoms with E-state index in [4.69, 9.17) is 13.8 Å². The molecular weight excluding hydrogens is 1080 g/mol. The van der Waals surface area contributed by atoms with Crippen LogP contribution in [0, 0.1) is 0 Å². The molecule has 0 aliphatic rings. The Morgan fingerprint density at radius 2 is 0.771 bits per heavy atom. The zero-order valence-corrected chi connectivity index (χ0v) is 46.1. The van der Waals surface area contributed by atoms with Crippen LogP contribution < -0.4 is 0 Å². The molecular formula is C74H47BrN6O2. The lowest BCUT2D eigenvalue weighted by Crippen LogP contribution is -1.98. The Kier molecular flexibility index (Phi) is 11.5. The minimum absolute atomic E-state index is 0.851. The number of imidazole rings is 2. The number of para-hydroxylation sites is 6. The number of nitrogens with one attached hydrogen (secondary N) is 1. The van der Waals surface area contributed by atoms with Crippen LogP contribution >= 0.6 is 15.9 Å². The van der Waals surface area contributed by atoms with E-state index in [0.29, 0.717) is 0 Å². The Hall–Kier alpha value is -10.7. The standard InChI is InChI=1S/C37H23N3O.C19H12N2O.C18H12BrN/c1-3-11-24(12-4-1)37-38-31-23-36-30(28-16-8-10-18-35(28)41-36)22-34(31)40(37)26-19-20-33-29(21-26)27-15-7-9-17-32(27)39(33)25-13-5-2-6-14-25;1-2-6-12(7-3-1)19-20-15-10-14-13-8-4-5-9-17(13)22-18(14)11-16(15)21-19;19-13-10-11-18-16(12-13)15-8-4-5-9-17(15)20(18)14-6-2-1-3-7-14/h1-23H;1-11H,(H,20,21);1-12H. The Morgan fingerprint density at radius 3 is 1.37 bits per heavy atom. The number of rotatable bonds is 5. The Morgan fingerprint density at radius 1 is 0.301 bits per heavy atom. The fraction of sp³-hybridized carbons (Fsp3) is 0. The fourth-order valence-corrected chi connectivity index (χ4v) is 12.4. The average molecular weight is 1130 g/mol. The van der Waals surface area contributed by atoms with Crippen LogP contribution in [0.1, 0.15) is 0 Å². The quantitative estimate of drug-likeness (QED) is 0.186. The van der Waals surface area contributed by atoms with Gasteiger partial charge in [0, 0.05) is 87.9 Å². The highest BCUT2D eigenvalue weighted by molar-refractivity contribution is 9.10. The van der Waals surface area contributed by atoms with Crippen LogP contribution in [0.4, 0.5) is 0 Å². The lowest BCUT2D eigenvalue weighted by Gasteiger charge is -2.11. The van der Waals surface area contributed by atoms with E-state index < -0.39 is 0 Å². The molecule has 18 rings (SSSR count). The Labute approximate surface area is 483 Å². The van der Waals surface area contributed by atoms with Gasteiger partial charge in [-0.1, -0.05) is 186 Å². The van der Waals surface area contributed by atoms with Crippen molar-refractivity contribution in [1.82, 2.24) is 28.7 Å². The molecule has 0 aliphatic carbocycles. The van der Waals surface area contributed by atoms with E-state index in [1.165, 1.54) is 49.3 Å². The smallest absolute Gasteiger partial charge is 0.145 e. The topological polar surface area (TPSA) is 82.6 Å². The van der Waals surface area contributed by atoms with Crippen molar-refractivity contribution in [3.8, 4) is 39.8 Å². The summed E-state index contributed by atoms with van der Waals surface area (Å²) < 4.78 is 20.2. The number of benzene rings is 12. The van der Waals surface area contributed by atoms with Gasteiger partial charge in [-0.25, -0.2) is 9.97 Å². The number of nitrogens with zero attached hydrogens (tertiary/aromatic N) is 5. The molecule has 0 saturated carbocycles. The van der Waals surface area contributed by atoms with E-state index in [0.717, 1.165) is 105 Å². The van der Waals surface area contributed by atoms with E-state index in [9.17, 15) is 0 Å². The van der Waals surface area contributed by atoms with Crippen LogP contribution in [-0.2, 0) is 0 Å². The maximum atomic E-state index is 6.22. The van der Waals surface area contributed by atoms with Gasteiger partial charge >= 0.3 is 0 Å². The molecule has 0 bridgehead atoms. The third-order valence-electron chi connectivity index (χ3n) is 15.8. The van der Waals surface area contributed by atoms with E-state index in [-0.39, 0.29) is 0 Å². The average Bonchev–Trinajstić information content (AvgIpc) is 3.31. The summed E-state index contributed by atoms with van der Waals surface area (Å²) in [6.07, 6.45) is 0. The lowest BCUT2D eigenvalue weighted by atomic mass is 10.1. The molecule has 0 amide bonds. The molecule has 6 aromatic heterocycles. The first-order valence-electron chi connectivity index (χ1n) is 27.6. The second kappa shape index (κ2) is 19.8. The van der Waals surface area contributed by atoms with Crippen LogP contribution in [0.3, 0.4) is 0 Å². The van der Waals surface area contributed by atoms with Gasteiger partial charge < -0.3 is 23.0 Å². The van der Waals surface area contributed by atoms with Crippen LogP contribution in [-0.4, -0.2) is 28.7 Å². The van der Waals surface area contributed by atoms with Gasteiger partial charge in [0.15, 0.2) is 0 Å². The number of fused-ring (bicyclic) bond motifs is 14. The van der Waals surface area contributed by atoms with Gasteiger partial charge in [0.25, 0.3) is 0 Å². The molecule has 0 aliphatic heterocycles. The molecule has 18 aromatic rings. The predicted octanol–water partition coefficient (Wildman–Crippen LogP) is 20.4. The summed E-state index contributed by atoms with van der Waals surface area (Å²) in [5.74, 6) is 1.79. The largest absolute Gasteiger partial charge is 0.456 e. The zero-order valence-electron chi connectivity index (χ0n) is 44.5. The maximum Gasteiger partial charge on any atom is 0.145 e. The summed E-state index contributed by atoms with van der Waals surface area (Å²) >= 11 is 3.57. The molecule has 0 fully saturated rings. The third-order valence-corrected chi connectivity index (χ3v) is 16.3. The normalized spacial score (nSPS) is 11.7. The molecule has 83 heavy (non-hydrogen) atoms. The second-order valence-electron chi connectivity index (χ2n) is 20.7. The van der Waals surface area contributed by atoms with Crippen molar-refractivity contribution in [3.63, 3.8) is 0 Å². The molecule has 0 radical (unpaired) electrons. The summed E-state index contributed by atoms with van der Waals surface area (Å²) in [6, 6.07) is 96.8. The van der Waals surface area contributed by atoms with Gasteiger partial charge in [0.2, 0.25) is 0 Å². The van der Waals surface area contributed by atoms with Gasteiger partial charge in [-0.15, -0.1) is 0 Å². The van der Waals surface area contributed by atoms with Crippen LogP contribution in [0.25, 0.3) is 149 Å². The highest BCUT2D eigenvalue weighted by Gasteiger charge is 2.21. The predicted molar refractivity (Wildman–Crippen MR) is 345 cm³/mol. The second-order valence-corrected chi connectivity index (χ2v) is 21.6. The summed E-state index contributed by atoms with van der Waals surface area (Å²) in [7, 11) is 0. The van der Waals surface area contributed by atoms with E-state index >= 15 is 0 Å². The molecule has 6 heterocycles. The van der Waals surface area contributed by atoms with Crippen molar-refractivity contribution < 1.29 is 8.83 Å². The maximum absolute atomic E-state index is 6.22. The summed E-state index contributed by atoms with van der Waals surface area (Å²) in [5.41, 5.74) is 17.8. The lowest BCUT2D eigenvalue weighted by molar-refractivity contribution is 0.669. The SMILES string of the molecule is Brc1ccc2c(c1)c1ccccc1n2-c1ccccc1.c1ccc(-c2nc3cc4oc5ccccc5c4cc3[nH]2)cc1.c1ccc(-c2nc3cc4oc5ccccc5c4cc3n2-c2ccc3c(c2)c2ccccc2n3-c2ccccc2)cc1. The number of hydrogen-bond acceptors (Lipinski definition) is 4. The van der Waals surface area contributed by atoms with E-state index in [1.54, 1.807) is 0 Å². The minimum Gasteiger partial charge on any atom is -0.456 e. The van der Waals surface area contributed by atoms with Gasteiger partial charge in [-0.2, -0.15) is 0 Å². The summed E-state index contributed by atoms with van der Waals surface area (Å²) in [6.45, 7) is 0. The number of H-pyrrole nitrogens is 1. The van der Waals surface area contributed by atoms with Crippen LogP contribution in [0.2, 0.25) is 0 Å². The van der Waals surface area contributed by atoms with Crippen molar-refractivity contribution in [2.24, 2.45) is 0 Å². The summed E-state index contributed by atoms with van der Waals surface area (Å²) in [5, 5.41) is 9.45. The molecule has 392 valence electrons. The highest BCUT2D eigenvalue weighted by Crippen LogP contribution is 2.40. The van der Waals surface area contributed by atoms with E-state index in [2.05, 4.69) is 252 Å². The van der Waals surface area contributed by atoms with Crippen molar-refractivity contribution in [3.05, 3.63) is 284 Å². The van der Waals surface area contributed by atoms with Gasteiger partial charge in [0.1, 0.15) is 34.0 Å². The van der Waals surface area contributed by atoms with Crippen molar-refractivity contribution in [2.45, 2.75) is 0 Å². The monoisotopic (exact) mass is 1130 g/mol. The van der Waals surface area contributed by atoms with Gasteiger partial charge in [-0.3, -0.25) is 4.57 Å². The molecule has 0 unspecified atom stereocenters. The van der Waals surface area contributed by atoms with Crippen molar-refractivity contribution in [1.29, 1.82) is 0 Å². The van der Waals surface area contributed by atoms with Crippen molar-refractivity contribution >= 4 is 125 Å². The van der Waals surface area contributed by atoms with Crippen LogP contribution in [0.5, 0.6) is 0 Å². The number of aromatic amines is 1. The molecule has 1 N–H and O–H groups in total. The fourth-order valence-electron chi connectivity index (χ4n) is 12.1. The molecule has 0 atom stereocenters. The Balaban J connectivity index is 0.000000113. The first kappa shape index (κ1) is 48.2. The summed E-state index contributed by atoms with van der Waals surface area (Å²) in [4.78, 5) is 13.3.